The Morgan fingerprint density at radius 1 is 1.70 bits per heavy atom. The molecule has 1 fully saturated rings. The van der Waals surface area contributed by atoms with Crippen LogP contribution in [0.5, 0.6) is 0 Å². The van der Waals surface area contributed by atoms with Crippen LogP contribution in [-0.2, 0) is 9.47 Å². The van der Waals surface area contributed by atoms with E-state index in [0.29, 0.717) is 6.61 Å². The maximum absolute atomic E-state index is 9.40. The van der Waals surface area contributed by atoms with Gasteiger partial charge in [0.1, 0.15) is 12.2 Å². The Bertz CT molecular complexity index is 93.0. The lowest BCUT2D eigenvalue weighted by atomic mass is 10.1. The van der Waals surface area contributed by atoms with Gasteiger partial charge in [0.25, 0.3) is 0 Å². The lowest BCUT2D eigenvalue weighted by molar-refractivity contribution is 0.00402. The Morgan fingerprint density at radius 3 is 2.70 bits per heavy atom. The van der Waals surface area contributed by atoms with E-state index < -0.39 is 6.10 Å². The lowest BCUT2D eigenvalue weighted by Gasteiger charge is -2.13. The number of hydrogen-bond acceptors (Lipinski definition) is 3. The van der Waals surface area contributed by atoms with Crippen molar-refractivity contribution < 1.29 is 14.6 Å². The van der Waals surface area contributed by atoms with E-state index in [1.54, 1.807) is 7.11 Å². The number of hydrogen-bond donors (Lipinski definition) is 1. The summed E-state index contributed by atoms with van der Waals surface area (Å²) in [6.07, 6.45) is 0.269. The molecule has 60 valence electrons. The highest BCUT2D eigenvalue weighted by atomic mass is 16.6. The van der Waals surface area contributed by atoms with Crippen LogP contribution in [0.1, 0.15) is 13.3 Å². The third-order valence-corrected chi connectivity index (χ3v) is 1.94. The van der Waals surface area contributed by atoms with Gasteiger partial charge >= 0.3 is 0 Å². The molecular formula is C7H14O3. The molecule has 3 nitrogen and oxygen atoms in total. The van der Waals surface area contributed by atoms with Gasteiger partial charge in [0.2, 0.25) is 0 Å². The third kappa shape index (κ3) is 1.31. The minimum absolute atomic E-state index is 0.0232. The zero-order valence-corrected chi connectivity index (χ0v) is 6.41. The molecule has 0 aliphatic carbocycles. The SMILES string of the molecule is CC[C@H]1OC[C@H](OC)[C@@H]1O. The highest BCUT2D eigenvalue weighted by molar-refractivity contribution is 4.82. The summed E-state index contributed by atoms with van der Waals surface area (Å²) in [5.41, 5.74) is 0. The standard InChI is InChI=1S/C7H14O3/c1-3-5-7(8)6(9-2)4-10-5/h5-8H,3-4H2,1-2H3/t5-,6+,7-/m1/s1. The number of methoxy groups -OCH3 is 1. The molecule has 3 heteroatoms. The Labute approximate surface area is 60.9 Å². The van der Waals surface area contributed by atoms with E-state index in [-0.39, 0.29) is 12.2 Å². The van der Waals surface area contributed by atoms with E-state index in [4.69, 9.17) is 9.47 Å². The summed E-state index contributed by atoms with van der Waals surface area (Å²) < 4.78 is 10.2. The molecule has 0 aromatic heterocycles. The van der Waals surface area contributed by atoms with Gasteiger partial charge < -0.3 is 14.6 Å². The van der Waals surface area contributed by atoms with Crippen LogP contribution < -0.4 is 0 Å². The van der Waals surface area contributed by atoms with Gasteiger partial charge in [-0.3, -0.25) is 0 Å². The summed E-state index contributed by atoms with van der Waals surface area (Å²) in [7, 11) is 1.59. The first-order valence-corrected chi connectivity index (χ1v) is 3.62. The molecule has 0 aromatic carbocycles. The van der Waals surface area contributed by atoms with Gasteiger partial charge in [0, 0.05) is 7.11 Å². The summed E-state index contributed by atoms with van der Waals surface area (Å²) in [5.74, 6) is 0. The zero-order valence-electron chi connectivity index (χ0n) is 6.41. The first-order valence-electron chi connectivity index (χ1n) is 3.62. The van der Waals surface area contributed by atoms with Crippen LogP contribution in [0.15, 0.2) is 0 Å². The van der Waals surface area contributed by atoms with Crippen LogP contribution >= 0.6 is 0 Å². The first kappa shape index (κ1) is 7.98. The minimum Gasteiger partial charge on any atom is -0.388 e. The maximum atomic E-state index is 9.40. The molecule has 0 bridgehead atoms. The van der Waals surface area contributed by atoms with Crippen molar-refractivity contribution in [1.82, 2.24) is 0 Å². The van der Waals surface area contributed by atoms with E-state index in [1.165, 1.54) is 0 Å². The van der Waals surface area contributed by atoms with Crippen molar-refractivity contribution in [3.8, 4) is 0 Å². The van der Waals surface area contributed by atoms with Gasteiger partial charge in [-0.15, -0.1) is 0 Å². The summed E-state index contributed by atoms with van der Waals surface area (Å²) in [6.45, 7) is 2.52. The van der Waals surface area contributed by atoms with Gasteiger partial charge in [0.05, 0.1) is 12.7 Å². The average Bonchev–Trinajstić information content (AvgIpc) is 2.30. The summed E-state index contributed by atoms with van der Waals surface area (Å²) >= 11 is 0. The molecule has 1 N–H and O–H groups in total. The molecule has 1 heterocycles. The summed E-state index contributed by atoms with van der Waals surface area (Å²) in [5, 5.41) is 9.40. The van der Waals surface area contributed by atoms with Crippen molar-refractivity contribution in [2.24, 2.45) is 0 Å². The van der Waals surface area contributed by atoms with E-state index in [2.05, 4.69) is 0 Å². The number of aliphatic hydroxyl groups is 1. The van der Waals surface area contributed by atoms with E-state index in [0.717, 1.165) is 6.42 Å². The molecule has 0 saturated carbocycles. The number of ether oxygens (including phenoxy) is 2. The lowest BCUT2D eigenvalue weighted by Crippen LogP contribution is -2.30. The first-order chi connectivity index (χ1) is 4.79. The molecule has 0 radical (unpaired) electrons. The van der Waals surface area contributed by atoms with Crippen molar-refractivity contribution in [1.29, 1.82) is 0 Å². The quantitative estimate of drug-likeness (QED) is 0.603. The summed E-state index contributed by atoms with van der Waals surface area (Å²) in [6, 6.07) is 0. The van der Waals surface area contributed by atoms with Crippen molar-refractivity contribution in [2.45, 2.75) is 31.7 Å². The van der Waals surface area contributed by atoms with Crippen molar-refractivity contribution in [2.75, 3.05) is 13.7 Å². The third-order valence-electron chi connectivity index (χ3n) is 1.94. The summed E-state index contributed by atoms with van der Waals surface area (Å²) in [4.78, 5) is 0. The Balaban J connectivity index is 2.41. The molecule has 0 unspecified atom stereocenters. The molecule has 1 saturated heterocycles. The van der Waals surface area contributed by atoms with Gasteiger partial charge in [-0.1, -0.05) is 6.92 Å². The van der Waals surface area contributed by atoms with Crippen LogP contribution in [-0.4, -0.2) is 37.1 Å². The highest BCUT2D eigenvalue weighted by Crippen LogP contribution is 2.18. The van der Waals surface area contributed by atoms with Crippen LogP contribution in [0.3, 0.4) is 0 Å². The average molecular weight is 146 g/mol. The smallest absolute Gasteiger partial charge is 0.109 e. The van der Waals surface area contributed by atoms with E-state index >= 15 is 0 Å². The van der Waals surface area contributed by atoms with Crippen molar-refractivity contribution in [3.05, 3.63) is 0 Å². The monoisotopic (exact) mass is 146 g/mol. The molecule has 0 amide bonds. The molecule has 3 atom stereocenters. The predicted octanol–water partition coefficient (Wildman–Crippen LogP) is 0.171. The fraction of sp³-hybridized carbons (Fsp3) is 1.00. The fourth-order valence-corrected chi connectivity index (χ4v) is 1.22. The van der Waals surface area contributed by atoms with Crippen LogP contribution in [0.4, 0.5) is 0 Å². The van der Waals surface area contributed by atoms with Crippen molar-refractivity contribution >= 4 is 0 Å². The Kier molecular flexibility index (Phi) is 2.65. The van der Waals surface area contributed by atoms with Gasteiger partial charge in [-0.05, 0) is 6.42 Å². The topological polar surface area (TPSA) is 38.7 Å². The van der Waals surface area contributed by atoms with Gasteiger partial charge in [0.15, 0.2) is 0 Å². The van der Waals surface area contributed by atoms with Gasteiger partial charge in [-0.25, -0.2) is 0 Å². The fourth-order valence-electron chi connectivity index (χ4n) is 1.22. The molecule has 10 heavy (non-hydrogen) atoms. The molecule has 1 aliphatic heterocycles. The molecule has 0 aromatic rings. The predicted molar refractivity (Wildman–Crippen MR) is 36.8 cm³/mol. The molecule has 1 aliphatic rings. The van der Waals surface area contributed by atoms with E-state index in [9.17, 15) is 5.11 Å². The second-order valence-corrected chi connectivity index (χ2v) is 2.54. The maximum Gasteiger partial charge on any atom is 0.109 e. The Morgan fingerprint density at radius 2 is 2.40 bits per heavy atom. The molecule has 1 rings (SSSR count). The van der Waals surface area contributed by atoms with Gasteiger partial charge in [-0.2, -0.15) is 0 Å². The number of rotatable bonds is 2. The van der Waals surface area contributed by atoms with Crippen LogP contribution in [0.2, 0.25) is 0 Å². The van der Waals surface area contributed by atoms with Crippen molar-refractivity contribution in [3.63, 3.8) is 0 Å². The highest BCUT2D eigenvalue weighted by Gasteiger charge is 2.34. The second-order valence-electron chi connectivity index (χ2n) is 2.54. The van der Waals surface area contributed by atoms with E-state index in [1.807, 2.05) is 6.92 Å². The largest absolute Gasteiger partial charge is 0.388 e. The second kappa shape index (κ2) is 3.32. The minimum atomic E-state index is -0.435. The normalized spacial score (nSPS) is 40.5. The number of aliphatic hydroxyl groups excluding tert-OH is 1. The van der Waals surface area contributed by atoms with Crippen LogP contribution in [0.25, 0.3) is 0 Å². The molecule has 0 spiro atoms. The van der Waals surface area contributed by atoms with Crippen LogP contribution in [0, 0.1) is 0 Å². The molecular weight excluding hydrogens is 132 g/mol. The zero-order chi connectivity index (χ0) is 7.56. The Hall–Kier alpha value is -0.120.